The van der Waals surface area contributed by atoms with Crippen LogP contribution in [0.15, 0.2) is 53.7 Å². The van der Waals surface area contributed by atoms with Crippen LogP contribution in [-0.4, -0.2) is 31.3 Å². The number of para-hydroxylation sites is 1. The fraction of sp³-hybridized carbons (Fsp3) is 0.211. The lowest BCUT2D eigenvalue weighted by Gasteiger charge is -2.10. The van der Waals surface area contributed by atoms with Gasteiger partial charge in [-0.05, 0) is 31.2 Å². The van der Waals surface area contributed by atoms with E-state index in [1.54, 1.807) is 12.1 Å². The van der Waals surface area contributed by atoms with Gasteiger partial charge in [0.15, 0.2) is 11.0 Å². The van der Waals surface area contributed by atoms with Crippen LogP contribution in [0, 0.1) is 10.1 Å². The Bertz CT molecular complexity index is 1040. The molecule has 0 radical (unpaired) electrons. The zero-order valence-electron chi connectivity index (χ0n) is 15.9. The van der Waals surface area contributed by atoms with Crippen LogP contribution in [-0.2, 0) is 17.9 Å². The Morgan fingerprint density at radius 3 is 2.63 bits per heavy atom. The van der Waals surface area contributed by atoms with Crippen molar-refractivity contribution in [2.75, 3.05) is 11.1 Å². The van der Waals surface area contributed by atoms with E-state index < -0.39 is 4.92 Å². The van der Waals surface area contributed by atoms with Gasteiger partial charge in [0.05, 0.1) is 15.7 Å². The van der Waals surface area contributed by atoms with Crippen LogP contribution in [0.1, 0.15) is 12.7 Å². The number of amides is 1. The third-order valence-corrected chi connectivity index (χ3v) is 5.28. The molecule has 11 heteroatoms. The van der Waals surface area contributed by atoms with Crippen LogP contribution in [0.25, 0.3) is 0 Å². The number of carbonyl (C=O) groups excluding carboxylic acids is 1. The molecular weight excluding hydrogens is 430 g/mol. The molecule has 0 spiro atoms. The molecule has 1 heterocycles. The zero-order valence-corrected chi connectivity index (χ0v) is 17.5. The molecule has 0 bridgehead atoms. The number of ether oxygens (including phenoxy) is 1. The molecule has 0 atom stereocenters. The maximum absolute atomic E-state index is 12.2. The normalized spacial score (nSPS) is 10.6. The van der Waals surface area contributed by atoms with Gasteiger partial charge in [-0.15, -0.1) is 10.2 Å². The van der Waals surface area contributed by atoms with Gasteiger partial charge in [-0.3, -0.25) is 14.9 Å². The molecule has 9 nitrogen and oxygen atoms in total. The summed E-state index contributed by atoms with van der Waals surface area (Å²) in [5.41, 5.74) is 0.446. The number of nitrogens with zero attached hydrogens (tertiary/aromatic N) is 4. The largest absolute Gasteiger partial charge is 0.484 e. The van der Waals surface area contributed by atoms with Crippen molar-refractivity contribution in [3.05, 3.63) is 69.5 Å². The molecule has 0 saturated heterocycles. The monoisotopic (exact) mass is 447 g/mol. The molecule has 1 aromatic heterocycles. The predicted molar refractivity (Wildman–Crippen MR) is 114 cm³/mol. The van der Waals surface area contributed by atoms with Crippen molar-refractivity contribution in [3.8, 4) is 5.75 Å². The number of hydrogen-bond acceptors (Lipinski definition) is 7. The van der Waals surface area contributed by atoms with Crippen LogP contribution in [0.4, 0.5) is 11.4 Å². The highest BCUT2D eigenvalue weighted by Gasteiger charge is 2.14. The summed E-state index contributed by atoms with van der Waals surface area (Å²) in [6, 6.07) is 12.8. The van der Waals surface area contributed by atoms with E-state index in [0.29, 0.717) is 34.0 Å². The van der Waals surface area contributed by atoms with Crippen molar-refractivity contribution in [1.29, 1.82) is 0 Å². The Morgan fingerprint density at radius 1 is 1.23 bits per heavy atom. The highest BCUT2D eigenvalue weighted by atomic mass is 35.5. The number of anilines is 1. The number of rotatable bonds is 9. The number of nitro groups is 1. The van der Waals surface area contributed by atoms with Crippen LogP contribution in [0.5, 0.6) is 5.75 Å². The summed E-state index contributed by atoms with van der Waals surface area (Å²) in [4.78, 5) is 22.4. The average molecular weight is 448 g/mol. The second-order valence-electron chi connectivity index (χ2n) is 6.00. The minimum Gasteiger partial charge on any atom is -0.484 e. The Morgan fingerprint density at radius 2 is 1.97 bits per heavy atom. The topological polar surface area (TPSA) is 112 Å². The van der Waals surface area contributed by atoms with E-state index in [4.69, 9.17) is 16.3 Å². The SMILES string of the molecule is CCn1c(COc2ccccc2Cl)nnc1SCC(=O)Nc1ccc([N+](=O)[O-])cc1. The Hall–Kier alpha value is -3.11. The van der Waals surface area contributed by atoms with Crippen molar-refractivity contribution in [2.45, 2.75) is 25.2 Å². The smallest absolute Gasteiger partial charge is 0.269 e. The first-order valence-corrected chi connectivity index (χ1v) is 10.3. The second kappa shape index (κ2) is 10.1. The molecule has 0 saturated carbocycles. The van der Waals surface area contributed by atoms with Gasteiger partial charge in [-0.25, -0.2) is 0 Å². The van der Waals surface area contributed by atoms with E-state index in [-0.39, 0.29) is 24.0 Å². The third-order valence-electron chi connectivity index (χ3n) is 4.00. The van der Waals surface area contributed by atoms with Gasteiger partial charge in [0.2, 0.25) is 5.91 Å². The molecule has 0 unspecified atom stereocenters. The molecule has 3 rings (SSSR count). The van der Waals surface area contributed by atoms with Gasteiger partial charge < -0.3 is 14.6 Å². The average Bonchev–Trinajstić information content (AvgIpc) is 3.14. The Balaban J connectivity index is 1.56. The predicted octanol–water partition coefficient (Wildman–Crippen LogP) is 4.17. The number of carbonyl (C=O) groups is 1. The maximum atomic E-state index is 12.2. The first kappa shape index (κ1) is 21.6. The number of nitro benzene ring substituents is 1. The Kier molecular flexibility index (Phi) is 7.26. The molecule has 1 amide bonds. The van der Waals surface area contributed by atoms with E-state index in [9.17, 15) is 14.9 Å². The quantitative estimate of drug-likeness (QED) is 0.297. The summed E-state index contributed by atoms with van der Waals surface area (Å²) >= 11 is 7.33. The van der Waals surface area contributed by atoms with Gasteiger partial charge in [-0.2, -0.15) is 0 Å². The lowest BCUT2D eigenvalue weighted by atomic mass is 10.3. The summed E-state index contributed by atoms with van der Waals surface area (Å²) in [7, 11) is 0. The standard InChI is InChI=1S/C19H18ClN5O4S/c1-2-24-17(11-29-16-6-4-3-5-15(16)20)22-23-19(24)30-12-18(26)21-13-7-9-14(10-8-13)25(27)28/h3-10H,2,11-12H2,1H3,(H,21,26). The summed E-state index contributed by atoms with van der Waals surface area (Å²) in [5.74, 6) is 1.03. The molecule has 1 N–H and O–H groups in total. The van der Waals surface area contributed by atoms with E-state index in [0.717, 1.165) is 0 Å². The minimum absolute atomic E-state index is 0.0371. The van der Waals surface area contributed by atoms with E-state index in [1.165, 1.54) is 36.0 Å². The summed E-state index contributed by atoms with van der Waals surface area (Å²) in [6.07, 6.45) is 0. The second-order valence-corrected chi connectivity index (χ2v) is 7.35. The van der Waals surface area contributed by atoms with E-state index >= 15 is 0 Å². The minimum atomic E-state index is -0.494. The van der Waals surface area contributed by atoms with Crippen molar-refractivity contribution in [2.24, 2.45) is 0 Å². The fourth-order valence-corrected chi connectivity index (χ4v) is 3.56. The number of halogens is 1. The van der Waals surface area contributed by atoms with Crippen molar-refractivity contribution in [1.82, 2.24) is 14.8 Å². The maximum Gasteiger partial charge on any atom is 0.269 e. The highest BCUT2D eigenvalue weighted by molar-refractivity contribution is 7.99. The molecule has 0 aliphatic carbocycles. The molecule has 3 aromatic rings. The van der Waals surface area contributed by atoms with Crippen molar-refractivity contribution < 1.29 is 14.5 Å². The van der Waals surface area contributed by atoms with Crippen LogP contribution in [0.3, 0.4) is 0 Å². The number of thioether (sulfide) groups is 1. The molecule has 30 heavy (non-hydrogen) atoms. The first-order valence-electron chi connectivity index (χ1n) is 8.94. The summed E-state index contributed by atoms with van der Waals surface area (Å²) in [5, 5.41) is 22.8. The molecular formula is C19H18ClN5O4S. The van der Waals surface area contributed by atoms with Gasteiger partial charge in [0.1, 0.15) is 12.4 Å². The van der Waals surface area contributed by atoms with Gasteiger partial charge >= 0.3 is 0 Å². The number of non-ortho nitro benzene ring substituents is 1. The van der Waals surface area contributed by atoms with Crippen LogP contribution >= 0.6 is 23.4 Å². The summed E-state index contributed by atoms with van der Waals surface area (Å²) < 4.78 is 7.58. The van der Waals surface area contributed by atoms with Gasteiger partial charge in [0, 0.05) is 24.4 Å². The third kappa shape index (κ3) is 5.49. The van der Waals surface area contributed by atoms with E-state index in [1.807, 2.05) is 23.6 Å². The fourth-order valence-electron chi connectivity index (χ4n) is 2.55. The van der Waals surface area contributed by atoms with Crippen LogP contribution < -0.4 is 10.1 Å². The lowest BCUT2D eigenvalue weighted by molar-refractivity contribution is -0.384. The number of nitrogens with one attached hydrogen (secondary N) is 1. The number of benzene rings is 2. The zero-order chi connectivity index (χ0) is 21.5. The lowest BCUT2D eigenvalue weighted by Crippen LogP contribution is -2.15. The molecule has 0 fully saturated rings. The van der Waals surface area contributed by atoms with Crippen molar-refractivity contribution in [3.63, 3.8) is 0 Å². The first-order chi connectivity index (χ1) is 14.5. The van der Waals surface area contributed by atoms with E-state index in [2.05, 4.69) is 15.5 Å². The molecule has 156 valence electrons. The molecule has 2 aromatic carbocycles. The van der Waals surface area contributed by atoms with Crippen LogP contribution in [0.2, 0.25) is 5.02 Å². The van der Waals surface area contributed by atoms with Gasteiger partial charge in [-0.1, -0.05) is 35.5 Å². The summed E-state index contributed by atoms with van der Waals surface area (Å²) in [6.45, 7) is 2.75. The molecule has 0 aliphatic heterocycles. The highest BCUT2D eigenvalue weighted by Crippen LogP contribution is 2.25. The number of hydrogen-bond donors (Lipinski definition) is 1. The Labute approximate surface area is 181 Å². The molecule has 0 aliphatic rings. The number of aromatic nitrogens is 3. The van der Waals surface area contributed by atoms with Gasteiger partial charge in [0.25, 0.3) is 5.69 Å². The van der Waals surface area contributed by atoms with Crippen molar-refractivity contribution >= 4 is 40.6 Å².